The summed E-state index contributed by atoms with van der Waals surface area (Å²) in [7, 11) is 3.54. The van der Waals surface area contributed by atoms with Gasteiger partial charge in [0.1, 0.15) is 6.54 Å². The minimum Gasteiger partial charge on any atom is -0.846 e. The first kappa shape index (κ1) is 18.2. The Kier molecular flexibility index (Phi) is 4.63. The summed E-state index contributed by atoms with van der Waals surface area (Å²) in [5.41, 5.74) is 4.86. The van der Waals surface area contributed by atoms with E-state index in [-0.39, 0.29) is 18.1 Å². The molecule has 6 heteroatoms. The molecule has 2 heterocycles. The van der Waals surface area contributed by atoms with Gasteiger partial charge >= 0.3 is 6.03 Å². The normalized spacial score (nSPS) is 18.5. The van der Waals surface area contributed by atoms with Crippen LogP contribution in [0.3, 0.4) is 0 Å². The van der Waals surface area contributed by atoms with E-state index in [1.54, 1.807) is 23.6 Å². The summed E-state index contributed by atoms with van der Waals surface area (Å²) in [5.74, 6) is 0. The Bertz CT molecular complexity index is 996. The van der Waals surface area contributed by atoms with Gasteiger partial charge < -0.3 is 10.0 Å². The molecule has 1 atom stereocenters. The van der Waals surface area contributed by atoms with Crippen molar-refractivity contribution >= 4 is 23.5 Å². The molecule has 2 aromatic rings. The summed E-state index contributed by atoms with van der Waals surface area (Å²) in [6, 6.07) is 15.5. The molecule has 28 heavy (non-hydrogen) atoms. The Morgan fingerprint density at radius 2 is 1.96 bits per heavy atom. The van der Waals surface area contributed by atoms with Crippen molar-refractivity contribution < 1.29 is 14.5 Å². The molecular weight excluding hydrogens is 352 g/mol. The van der Waals surface area contributed by atoms with Gasteiger partial charge in [-0.1, -0.05) is 43.3 Å². The third-order valence-corrected chi connectivity index (χ3v) is 5.45. The maximum Gasteiger partial charge on any atom is 0.494 e. The molecule has 0 saturated heterocycles. The standard InChI is InChI=1S/C22H24N4O2/c1-4-13-23-21(27)24(2)18-12-8-7-11-17(18)19-20-16-10-6-5-9-15(16)14-26(20)22(28)25(19)3/h5-12,20H,4,13-14H2,1-3H3. The molecule has 0 saturated carbocycles. The average molecular weight is 376 g/mol. The van der Waals surface area contributed by atoms with Crippen LogP contribution in [0.5, 0.6) is 0 Å². The third kappa shape index (κ3) is 2.76. The van der Waals surface area contributed by atoms with Gasteiger partial charge in [-0.2, -0.15) is 9.37 Å². The first-order valence-electron chi connectivity index (χ1n) is 9.58. The number of carbonyl (C=O) groups is 1. The Balaban J connectivity index is 1.83. The maximum atomic E-state index is 12.9. The van der Waals surface area contributed by atoms with Gasteiger partial charge in [-0.25, -0.2) is 4.90 Å². The molecule has 0 aromatic heterocycles. The smallest absolute Gasteiger partial charge is 0.494 e. The van der Waals surface area contributed by atoms with Crippen LogP contribution in [0.2, 0.25) is 0 Å². The average Bonchev–Trinajstić information content (AvgIpc) is 3.21. The van der Waals surface area contributed by atoms with Crippen molar-refractivity contribution in [3.05, 3.63) is 65.2 Å². The zero-order valence-corrected chi connectivity index (χ0v) is 16.4. The van der Waals surface area contributed by atoms with Crippen molar-refractivity contribution in [2.75, 3.05) is 25.5 Å². The number of amides is 2. The fourth-order valence-corrected chi connectivity index (χ4v) is 4.07. The van der Waals surface area contributed by atoms with E-state index in [1.165, 1.54) is 5.56 Å². The number of carbonyl (C=O) groups excluding carboxylic acids is 1. The second-order valence-electron chi connectivity index (χ2n) is 7.20. The fraction of sp³-hybridized carbons (Fsp3) is 0.318. The van der Waals surface area contributed by atoms with E-state index in [2.05, 4.69) is 17.1 Å². The molecule has 4 rings (SSSR count). The summed E-state index contributed by atoms with van der Waals surface area (Å²) in [6.45, 7) is 3.10. The summed E-state index contributed by atoms with van der Waals surface area (Å²) >= 11 is 0. The van der Waals surface area contributed by atoms with Gasteiger partial charge in [-0.15, -0.1) is 0 Å². The summed E-state index contributed by atoms with van der Waals surface area (Å²) in [6.07, 6.45) is 0.823. The highest BCUT2D eigenvalue weighted by Crippen LogP contribution is 2.41. The van der Waals surface area contributed by atoms with Crippen molar-refractivity contribution in [2.45, 2.75) is 25.9 Å². The van der Waals surface area contributed by atoms with Gasteiger partial charge in [0, 0.05) is 30.3 Å². The molecule has 2 aromatic carbocycles. The van der Waals surface area contributed by atoms with Crippen LogP contribution in [0.25, 0.3) is 0 Å². The van der Waals surface area contributed by atoms with Crippen molar-refractivity contribution in [1.29, 1.82) is 0 Å². The number of benzene rings is 2. The molecule has 144 valence electrons. The molecule has 0 spiro atoms. The number of amidine groups is 1. The lowest BCUT2D eigenvalue weighted by Gasteiger charge is -2.27. The fourth-order valence-electron chi connectivity index (χ4n) is 4.07. The van der Waals surface area contributed by atoms with E-state index in [0.717, 1.165) is 28.9 Å². The lowest BCUT2D eigenvalue weighted by Crippen LogP contribution is -2.38. The summed E-state index contributed by atoms with van der Waals surface area (Å²) < 4.78 is 1.71. The first-order chi connectivity index (χ1) is 13.5. The van der Waals surface area contributed by atoms with Gasteiger partial charge in [-0.3, -0.25) is 4.99 Å². The van der Waals surface area contributed by atoms with E-state index in [9.17, 15) is 9.90 Å². The molecule has 1 unspecified atom stereocenters. The SMILES string of the molecule is CCCN=C([O-])N(C)c1ccccc1C1=[N+](C)C(=O)N2Cc3ccccc3C12. The number of aliphatic imine (C=N–C) groups is 1. The topological polar surface area (TPSA) is 62.0 Å². The molecule has 0 N–H and O–H groups in total. The van der Waals surface area contributed by atoms with Crippen molar-refractivity contribution in [3.8, 4) is 0 Å². The van der Waals surface area contributed by atoms with Crippen LogP contribution in [0.1, 0.15) is 36.1 Å². The van der Waals surface area contributed by atoms with E-state index >= 15 is 0 Å². The Hall–Kier alpha value is -3.15. The van der Waals surface area contributed by atoms with Crippen LogP contribution in [0, 0.1) is 0 Å². The monoisotopic (exact) mass is 376 g/mol. The van der Waals surface area contributed by atoms with Crippen LogP contribution in [0.4, 0.5) is 10.5 Å². The molecule has 0 radical (unpaired) electrons. The molecule has 2 aliphatic heterocycles. The van der Waals surface area contributed by atoms with Crippen LogP contribution < -0.4 is 10.0 Å². The predicted octanol–water partition coefficient (Wildman–Crippen LogP) is 2.37. The minimum atomic E-state index is -0.273. The Morgan fingerprint density at radius 1 is 1.25 bits per heavy atom. The van der Waals surface area contributed by atoms with Gasteiger partial charge in [0.15, 0.2) is 11.8 Å². The number of fused-ring (bicyclic) bond motifs is 3. The second kappa shape index (κ2) is 7.11. The van der Waals surface area contributed by atoms with Gasteiger partial charge in [-0.05, 0) is 18.6 Å². The third-order valence-electron chi connectivity index (χ3n) is 5.45. The zero-order valence-electron chi connectivity index (χ0n) is 16.4. The summed E-state index contributed by atoms with van der Waals surface area (Å²) in [5, 5.41) is 12.5. The first-order valence-corrected chi connectivity index (χ1v) is 9.58. The van der Waals surface area contributed by atoms with Crippen LogP contribution in [0.15, 0.2) is 53.5 Å². The van der Waals surface area contributed by atoms with E-state index in [0.29, 0.717) is 13.1 Å². The Morgan fingerprint density at radius 3 is 2.75 bits per heavy atom. The number of anilines is 1. The van der Waals surface area contributed by atoms with Crippen LogP contribution in [-0.2, 0) is 6.54 Å². The minimum absolute atomic E-state index is 0.0179. The predicted molar refractivity (Wildman–Crippen MR) is 108 cm³/mol. The van der Waals surface area contributed by atoms with Crippen molar-refractivity contribution in [1.82, 2.24) is 4.90 Å². The molecule has 2 aliphatic rings. The van der Waals surface area contributed by atoms with Crippen LogP contribution >= 0.6 is 0 Å². The van der Waals surface area contributed by atoms with E-state index in [1.807, 2.05) is 48.2 Å². The molecule has 0 fully saturated rings. The van der Waals surface area contributed by atoms with Crippen molar-refractivity contribution in [3.63, 3.8) is 0 Å². The molecule has 6 nitrogen and oxygen atoms in total. The second-order valence-corrected chi connectivity index (χ2v) is 7.20. The van der Waals surface area contributed by atoms with Gasteiger partial charge in [0.2, 0.25) is 0 Å². The lowest BCUT2D eigenvalue weighted by molar-refractivity contribution is -0.392. The Labute approximate surface area is 165 Å². The highest BCUT2D eigenvalue weighted by molar-refractivity contribution is 6.12. The lowest BCUT2D eigenvalue weighted by atomic mass is 9.95. The zero-order chi connectivity index (χ0) is 19.8. The summed E-state index contributed by atoms with van der Waals surface area (Å²) in [4.78, 5) is 20.5. The number of hydrogen-bond acceptors (Lipinski definition) is 3. The van der Waals surface area contributed by atoms with Gasteiger partial charge in [0.05, 0.1) is 18.8 Å². The highest BCUT2D eigenvalue weighted by atomic mass is 16.3. The number of para-hydroxylation sites is 1. The molecular formula is C22H24N4O2. The largest absolute Gasteiger partial charge is 0.846 e. The number of nitrogens with zero attached hydrogens (tertiary/aromatic N) is 4. The number of hydrogen-bond donors (Lipinski definition) is 0. The van der Waals surface area contributed by atoms with E-state index in [4.69, 9.17) is 0 Å². The van der Waals surface area contributed by atoms with Crippen molar-refractivity contribution in [2.24, 2.45) is 4.99 Å². The number of rotatable bonds is 4. The van der Waals surface area contributed by atoms with Crippen LogP contribution in [-0.4, -0.2) is 47.9 Å². The van der Waals surface area contributed by atoms with E-state index < -0.39 is 0 Å². The molecule has 0 bridgehead atoms. The molecule has 0 aliphatic carbocycles. The van der Waals surface area contributed by atoms with Gasteiger partial charge in [0.25, 0.3) is 0 Å². The maximum absolute atomic E-state index is 12.9. The molecule has 2 amide bonds. The number of urea groups is 1. The highest BCUT2D eigenvalue weighted by Gasteiger charge is 2.52. The quantitative estimate of drug-likeness (QED) is 0.468.